The molecule has 0 saturated carbocycles. The summed E-state index contributed by atoms with van der Waals surface area (Å²) < 4.78 is 27.1. The van der Waals surface area contributed by atoms with Gasteiger partial charge >= 0.3 is 0 Å². The van der Waals surface area contributed by atoms with Crippen LogP contribution >= 0.6 is 0 Å². The number of rotatable bonds is 4. The third-order valence-corrected chi connectivity index (χ3v) is 4.55. The first-order chi connectivity index (χ1) is 11.9. The van der Waals surface area contributed by atoms with E-state index in [0.29, 0.717) is 24.2 Å². The first kappa shape index (κ1) is 17.4. The Morgan fingerprint density at radius 3 is 2.56 bits per heavy atom. The number of hydrogen-bond acceptors (Lipinski definition) is 4. The van der Waals surface area contributed by atoms with Crippen LogP contribution in [-0.4, -0.2) is 46.3 Å². The summed E-state index contributed by atoms with van der Waals surface area (Å²) >= 11 is 0. The highest BCUT2D eigenvalue weighted by Gasteiger charge is 2.50. The van der Waals surface area contributed by atoms with Gasteiger partial charge in [-0.3, -0.25) is 19.7 Å². The van der Waals surface area contributed by atoms with Gasteiger partial charge in [0.25, 0.3) is 0 Å². The van der Waals surface area contributed by atoms with Crippen molar-refractivity contribution in [3.8, 4) is 0 Å². The molecule has 0 unspecified atom stereocenters. The lowest BCUT2D eigenvalue weighted by Crippen LogP contribution is -2.52. The second-order valence-corrected chi connectivity index (χ2v) is 6.45. The maximum absolute atomic E-state index is 13.5. The molecular weight excluding hydrogens is 326 g/mol. The predicted octanol–water partition coefficient (Wildman–Crippen LogP) is 2.33. The van der Waals surface area contributed by atoms with Gasteiger partial charge in [-0.15, -0.1) is 0 Å². The van der Waals surface area contributed by atoms with E-state index in [9.17, 15) is 13.6 Å². The van der Waals surface area contributed by atoms with Crippen molar-refractivity contribution in [3.05, 3.63) is 59.7 Å². The van der Waals surface area contributed by atoms with Gasteiger partial charge in [-0.1, -0.05) is 0 Å². The van der Waals surface area contributed by atoms with Crippen molar-refractivity contribution < 1.29 is 13.6 Å². The zero-order valence-corrected chi connectivity index (χ0v) is 14.2. The first-order valence-electron chi connectivity index (χ1n) is 8.12. The molecule has 0 bridgehead atoms. The highest BCUT2D eigenvalue weighted by Crippen LogP contribution is 2.40. The normalized spacial score (nSPS) is 20.6. The van der Waals surface area contributed by atoms with Crippen LogP contribution in [-0.2, 0) is 16.9 Å². The van der Waals surface area contributed by atoms with Crippen molar-refractivity contribution >= 4 is 5.91 Å². The van der Waals surface area contributed by atoms with Crippen molar-refractivity contribution in [2.75, 3.05) is 20.6 Å². The Kier molecular flexibility index (Phi) is 4.76. The van der Waals surface area contributed by atoms with E-state index in [4.69, 9.17) is 0 Å². The number of carbonyl (C=O) groups excluding carboxylic acids is 1. The molecule has 1 aromatic heterocycles. The molecule has 0 aliphatic carbocycles. The molecular formula is C18H20F2N4O. The second kappa shape index (κ2) is 6.84. The Hall–Kier alpha value is -2.41. The van der Waals surface area contributed by atoms with Gasteiger partial charge in [0.05, 0.1) is 11.9 Å². The molecule has 1 amide bonds. The summed E-state index contributed by atoms with van der Waals surface area (Å²) in [5, 5.41) is 0. The van der Waals surface area contributed by atoms with Gasteiger partial charge in [0.1, 0.15) is 17.2 Å². The second-order valence-electron chi connectivity index (χ2n) is 6.45. The van der Waals surface area contributed by atoms with Crippen LogP contribution < -0.4 is 0 Å². The number of nitrogens with zero attached hydrogens (tertiary/aromatic N) is 4. The fourth-order valence-electron chi connectivity index (χ4n) is 3.54. The molecule has 0 spiro atoms. The molecule has 1 atom stereocenters. The molecule has 1 fully saturated rings. The summed E-state index contributed by atoms with van der Waals surface area (Å²) in [6, 6.07) is 3.43. The van der Waals surface area contributed by atoms with E-state index in [1.165, 1.54) is 17.0 Å². The van der Waals surface area contributed by atoms with E-state index in [-0.39, 0.29) is 12.5 Å². The van der Waals surface area contributed by atoms with Crippen LogP contribution in [0.1, 0.15) is 24.1 Å². The van der Waals surface area contributed by atoms with E-state index in [1.807, 2.05) is 4.90 Å². The van der Waals surface area contributed by atoms with Gasteiger partial charge in [-0.05, 0) is 37.1 Å². The minimum Gasteiger partial charge on any atom is -0.347 e. The number of amides is 1. The molecule has 0 radical (unpaired) electrons. The number of likely N-dealkylation sites (tertiary alicyclic amines) is 1. The summed E-state index contributed by atoms with van der Waals surface area (Å²) in [7, 11) is 3.39. The molecule has 1 saturated heterocycles. The van der Waals surface area contributed by atoms with Crippen molar-refractivity contribution in [2.45, 2.75) is 24.9 Å². The van der Waals surface area contributed by atoms with Crippen LogP contribution in [0.4, 0.5) is 8.78 Å². The van der Waals surface area contributed by atoms with E-state index in [2.05, 4.69) is 9.97 Å². The lowest BCUT2D eigenvalue weighted by Gasteiger charge is -2.38. The third kappa shape index (κ3) is 3.24. The first-order valence-corrected chi connectivity index (χ1v) is 8.12. The molecule has 1 aromatic carbocycles. The number of halogens is 2. The predicted molar refractivity (Wildman–Crippen MR) is 88.4 cm³/mol. The minimum atomic E-state index is -0.972. The average molecular weight is 346 g/mol. The van der Waals surface area contributed by atoms with Crippen LogP contribution in [0, 0.1) is 11.6 Å². The molecule has 7 heteroatoms. The topological polar surface area (TPSA) is 49.3 Å². The Bertz CT molecular complexity index is 749. The van der Waals surface area contributed by atoms with E-state index >= 15 is 0 Å². The molecule has 0 N–H and O–H groups in total. The molecule has 1 aliphatic heterocycles. The zero-order valence-electron chi connectivity index (χ0n) is 14.2. The van der Waals surface area contributed by atoms with Crippen LogP contribution in [0.15, 0.2) is 36.8 Å². The van der Waals surface area contributed by atoms with Gasteiger partial charge in [0.15, 0.2) is 0 Å². The number of carbonyl (C=O) groups is 1. The van der Waals surface area contributed by atoms with Crippen molar-refractivity contribution in [1.82, 2.24) is 19.8 Å². The minimum absolute atomic E-state index is 0.109. The third-order valence-electron chi connectivity index (χ3n) is 4.55. The fraction of sp³-hybridized carbons (Fsp3) is 0.389. The molecule has 3 rings (SSSR count). The summed E-state index contributed by atoms with van der Waals surface area (Å²) in [5.74, 6) is -1.36. The maximum atomic E-state index is 13.5. The smallest absolute Gasteiger partial charge is 0.248 e. The van der Waals surface area contributed by atoms with E-state index in [1.54, 1.807) is 32.7 Å². The van der Waals surface area contributed by atoms with Gasteiger partial charge in [-0.2, -0.15) is 0 Å². The summed E-state index contributed by atoms with van der Waals surface area (Å²) in [6.45, 7) is 0.888. The Balaban J connectivity index is 2.03. The monoisotopic (exact) mass is 346 g/mol. The lowest BCUT2D eigenvalue weighted by molar-refractivity contribution is -0.141. The SMILES string of the molecule is CN(C)C(=O)[C@]1(c2cnccn2)CCCN1Cc1cc(F)cc(F)c1. The van der Waals surface area contributed by atoms with Crippen LogP contribution in [0.25, 0.3) is 0 Å². The Labute approximate surface area is 145 Å². The quantitative estimate of drug-likeness (QED) is 0.853. The van der Waals surface area contributed by atoms with Gasteiger partial charge in [-0.25, -0.2) is 8.78 Å². The zero-order chi connectivity index (χ0) is 18.0. The summed E-state index contributed by atoms with van der Waals surface area (Å²) in [5.41, 5.74) is 0.0721. The number of aromatic nitrogens is 2. The van der Waals surface area contributed by atoms with Crippen molar-refractivity contribution in [3.63, 3.8) is 0 Å². The van der Waals surface area contributed by atoms with E-state index < -0.39 is 17.2 Å². The largest absolute Gasteiger partial charge is 0.347 e. The lowest BCUT2D eigenvalue weighted by atomic mass is 9.90. The van der Waals surface area contributed by atoms with Crippen LogP contribution in [0.3, 0.4) is 0 Å². The van der Waals surface area contributed by atoms with E-state index in [0.717, 1.165) is 12.5 Å². The van der Waals surface area contributed by atoms with Crippen LogP contribution in [0.2, 0.25) is 0 Å². The van der Waals surface area contributed by atoms with Gasteiger partial charge < -0.3 is 4.90 Å². The number of benzene rings is 1. The van der Waals surface area contributed by atoms with Gasteiger partial charge in [0.2, 0.25) is 5.91 Å². The highest BCUT2D eigenvalue weighted by molar-refractivity contribution is 5.87. The Morgan fingerprint density at radius 2 is 1.96 bits per heavy atom. The summed E-state index contributed by atoms with van der Waals surface area (Å²) in [4.78, 5) is 25.0. The van der Waals surface area contributed by atoms with Crippen LogP contribution in [0.5, 0.6) is 0 Å². The summed E-state index contributed by atoms with van der Waals surface area (Å²) in [6.07, 6.45) is 6.07. The van der Waals surface area contributed by atoms with Crippen molar-refractivity contribution in [1.29, 1.82) is 0 Å². The highest BCUT2D eigenvalue weighted by atomic mass is 19.1. The Morgan fingerprint density at radius 1 is 1.24 bits per heavy atom. The van der Waals surface area contributed by atoms with Gasteiger partial charge in [0, 0.05) is 39.1 Å². The standard InChI is InChI=1S/C18H20F2N4O/c1-23(2)17(25)18(16-11-21-5-6-22-16)4-3-7-24(18)12-13-8-14(19)10-15(20)9-13/h5-6,8-11H,3-4,7,12H2,1-2H3/t18-/m1/s1. The number of likely N-dealkylation sites (N-methyl/N-ethyl adjacent to an activating group) is 1. The fourth-order valence-corrected chi connectivity index (χ4v) is 3.54. The molecule has 5 nitrogen and oxygen atoms in total. The molecule has 2 heterocycles. The average Bonchev–Trinajstić information content (AvgIpc) is 2.98. The molecule has 1 aliphatic rings. The van der Waals surface area contributed by atoms with Crippen molar-refractivity contribution in [2.24, 2.45) is 0 Å². The molecule has 25 heavy (non-hydrogen) atoms. The molecule has 132 valence electrons. The maximum Gasteiger partial charge on any atom is 0.248 e. The molecule has 2 aromatic rings. The number of hydrogen-bond donors (Lipinski definition) is 0.